The molecule has 0 radical (unpaired) electrons. The zero-order valence-electron chi connectivity index (χ0n) is 11.9. The highest BCUT2D eigenvalue weighted by molar-refractivity contribution is 5.42. The molecule has 1 heterocycles. The van der Waals surface area contributed by atoms with E-state index in [2.05, 4.69) is 15.2 Å². The fourth-order valence-electron chi connectivity index (χ4n) is 2.21. The number of nitrogens with one attached hydrogen (secondary N) is 1. The number of rotatable bonds is 4. The molecule has 2 rings (SSSR count). The lowest BCUT2D eigenvalue weighted by Gasteiger charge is -2.20. The van der Waals surface area contributed by atoms with Gasteiger partial charge in [0, 0.05) is 23.9 Å². The van der Waals surface area contributed by atoms with Crippen molar-refractivity contribution in [2.45, 2.75) is 19.3 Å². The number of para-hydroxylation sites is 1. The predicted molar refractivity (Wildman–Crippen MR) is 72.0 cm³/mol. The van der Waals surface area contributed by atoms with Crippen molar-refractivity contribution in [3.8, 4) is 5.75 Å². The summed E-state index contributed by atoms with van der Waals surface area (Å²) in [4.78, 5) is 0. The first-order valence-corrected chi connectivity index (χ1v) is 6.34. The van der Waals surface area contributed by atoms with Crippen LogP contribution in [-0.4, -0.2) is 23.2 Å². The third kappa shape index (κ3) is 3.36. The Bertz CT molecular complexity index is 622. The fourth-order valence-corrected chi connectivity index (χ4v) is 2.21. The van der Waals surface area contributed by atoms with Gasteiger partial charge in [-0.3, -0.25) is 4.68 Å². The minimum absolute atomic E-state index is 0.215. The van der Waals surface area contributed by atoms with E-state index in [9.17, 15) is 13.2 Å². The van der Waals surface area contributed by atoms with Crippen LogP contribution >= 0.6 is 0 Å². The number of aromatic nitrogens is 2. The lowest BCUT2D eigenvalue weighted by molar-refractivity contribution is -0.275. The van der Waals surface area contributed by atoms with Gasteiger partial charge < -0.3 is 10.1 Å². The molecule has 1 aromatic heterocycles. The molecule has 114 valence electrons. The lowest BCUT2D eigenvalue weighted by Crippen LogP contribution is -2.23. The summed E-state index contributed by atoms with van der Waals surface area (Å²) in [6.45, 7) is 1.86. The molecule has 0 saturated heterocycles. The maximum absolute atomic E-state index is 12.5. The maximum atomic E-state index is 12.5. The standard InChI is InChI=1S/C14H16F3N3O/c1-9-11(8-19-20(9)3)13(18-2)10-6-4-5-7-12(10)21-14(15,16)17/h4-8,13,18H,1-3H3. The van der Waals surface area contributed by atoms with E-state index in [4.69, 9.17) is 0 Å². The van der Waals surface area contributed by atoms with Crippen LogP contribution in [0.4, 0.5) is 13.2 Å². The first kappa shape index (κ1) is 15.4. The van der Waals surface area contributed by atoms with Crippen LogP contribution in [0, 0.1) is 6.92 Å². The zero-order valence-corrected chi connectivity index (χ0v) is 11.9. The van der Waals surface area contributed by atoms with Crippen LogP contribution in [0.5, 0.6) is 5.75 Å². The van der Waals surface area contributed by atoms with E-state index in [1.807, 2.05) is 6.92 Å². The summed E-state index contributed by atoms with van der Waals surface area (Å²) >= 11 is 0. The number of aryl methyl sites for hydroxylation is 1. The smallest absolute Gasteiger partial charge is 0.405 e. The summed E-state index contributed by atoms with van der Waals surface area (Å²) in [5, 5.41) is 7.14. The van der Waals surface area contributed by atoms with E-state index >= 15 is 0 Å². The van der Waals surface area contributed by atoms with Gasteiger partial charge in [-0.2, -0.15) is 5.10 Å². The third-order valence-electron chi connectivity index (χ3n) is 3.33. The van der Waals surface area contributed by atoms with Gasteiger partial charge >= 0.3 is 6.36 Å². The SMILES string of the molecule is CNC(c1ccccc1OC(F)(F)F)c1cnn(C)c1C. The molecule has 7 heteroatoms. The second-order valence-electron chi connectivity index (χ2n) is 4.62. The molecular formula is C14H16F3N3O. The Kier molecular flexibility index (Phi) is 4.22. The average Bonchev–Trinajstić information content (AvgIpc) is 2.72. The summed E-state index contributed by atoms with van der Waals surface area (Å²) in [7, 11) is 3.46. The van der Waals surface area contributed by atoms with E-state index in [1.54, 1.807) is 37.1 Å². The largest absolute Gasteiger partial charge is 0.573 e. The number of halogens is 3. The van der Waals surface area contributed by atoms with Crippen molar-refractivity contribution in [2.24, 2.45) is 7.05 Å². The molecule has 1 aromatic carbocycles. The topological polar surface area (TPSA) is 39.1 Å². The molecule has 4 nitrogen and oxygen atoms in total. The third-order valence-corrected chi connectivity index (χ3v) is 3.33. The Morgan fingerprint density at radius 2 is 1.90 bits per heavy atom. The zero-order chi connectivity index (χ0) is 15.6. The molecule has 0 aliphatic heterocycles. The summed E-state index contributed by atoms with van der Waals surface area (Å²) < 4.78 is 43.3. The van der Waals surface area contributed by atoms with Crippen molar-refractivity contribution in [1.82, 2.24) is 15.1 Å². The highest BCUT2D eigenvalue weighted by Crippen LogP contribution is 2.34. The Labute approximate surface area is 120 Å². The monoisotopic (exact) mass is 299 g/mol. The quantitative estimate of drug-likeness (QED) is 0.943. The first-order chi connectivity index (χ1) is 9.83. The van der Waals surface area contributed by atoms with Crippen LogP contribution in [0.15, 0.2) is 30.5 Å². The number of hydrogen-bond donors (Lipinski definition) is 1. The maximum Gasteiger partial charge on any atom is 0.573 e. The van der Waals surface area contributed by atoms with Crippen molar-refractivity contribution in [1.29, 1.82) is 0 Å². The van der Waals surface area contributed by atoms with Gasteiger partial charge in [-0.15, -0.1) is 13.2 Å². The van der Waals surface area contributed by atoms with Crippen molar-refractivity contribution in [2.75, 3.05) is 7.05 Å². The Morgan fingerprint density at radius 3 is 2.43 bits per heavy atom. The molecule has 0 bridgehead atoms. The van der Waals surface area contributed by atoms with Crippen LogP contribution in [0.25, 0.3) is 0 Å². The highest BCUT2D eigenvalue weighted by Gasteiger charge is 2.33. The molecule has 0 fully saturated rings. The van der Waals surface area contributed by atoms with Gasteiger partial charge in [0.2, 0.25) is 0 Å². The normalized spacial score (nSPS) is 13.2. The Morgan fingerprint density at radius 1 is 1.24 bits per heavy atom. The van der Waals surface area contributed by atoms with Gasteiger partial charge in [0.25, 0.3) is 0 Å². The van der Waals surface area contributed by atoms with Gasteiger partial charge in [0.1, 0.15) is 5.75 Å². The summed E-state index contributed by atoms with van der Waals surface area (Å²) in [6.07, 6.45) is -3.08. The van der Waals surface area contributed by atoms with E-state index in [-0.39, 0.29) is 5.75 Å². The van der Waals surface area contributed by atoms with Gasteiger partial charge in [-0.25, -0.2) is 0 Å². The number of hydrogen-bond acceptors (Lipinski definition) is 3. The molecule has 1 atom stereocenters. The summed E-state index contributed by atoms with van der Waals surface area (Å²) in [5.41, 5.74) is 2.09. The average molecular weight is 299 g/mol. The van der Waals surface area contributed by atoms with E-state index < -0.39 is 12.4 Å². The van der Waals surface area contributed by atoms with E-state index in [0.717, 1.165) is 11.3 Å². The second kappa shape index (κ2) is 5.77. The van der Waals surface area contributed by atoms with Gasteiger partial charge in [-0.05, 0) is 20.0 Å². The molecule has 0 aliphatic carbocycles. The van der Waals surface area contributed by atoms with Gasteiger partial charge in [-0.1, -0.05) is 18.2 Å². The predicted octanol–water partition coefficient (Wildman–Crippen LogP) is 2.94. The van der Waals surface area contributed by atoms with Crippen molar-refractivity contribution in [3.63, 3.8) is 0 Å². The van der Waals surface area contributed by atoms with Crippen LogP contribution < -0.4 is 10.1 Å². The first-order valence-electron chi connectivity index (χ1n) is 6.34. The van der Waals surface area contributed by atoms with Crippen molar-refractivity contribution >= 4 is 0 Å². The minimum atomic E-state index is -4.72. The van der Waals surface area contributed by atoms with Gasteiger partial charge in [0.05, 0.1) is 12.2 Å². The van der Waals surface area contributed by atoms with E-state index in [0.29, 0.717) is 5.56 Å². The summed E-state index contributed by atoms with van der Waals surface area (Å²) in [6, 6.07) is 5.66. The fraction of sp³-hybridized carbons (Fsp3) is 0.357. The molecule has 0 aliphatic rings. The van der Waals surface area contributed by atoms with Crippen molar-refractivity contribution < 1.29 is 17.9 Å². The molecule has 21 heavy (non-hydrogen) atoms. The molecule has 1 N–H and O–H groups in total. The highest BCUT2D eigenvalue weighted by atomic mass is 19.4. The van der Waals surface area contributed by atoms with E-state index in [1.165, 1.54) is 12.1 Å². The van der Waals surface area contributed by atoms with Gasteiger partial charge in [0.15, 0.2) is 0 Å². The number of nitrogens with zero attached hydrogens (tertiary/aromatic N) is 2. The van der Waals surface area contributed by atoms with Crippen LogP contribution in [-0.2, 0) is 7.05 Å². The molecule has 2 aromatic rings. The molecule has 0 saturated carbocycles. The Hall–Kier alpha value is -2.02. The molecular weight excluding hydrogens is 283 g/mol. The molecule has 1 unspecified atom stereocenters. The second-order valence-corrected chi connectivity index (χ2v) is 4.62. The minimum Gasteiger partial charge on any atom is -0.405 e. The lowest BCUT2D eigenvalue weighted by atomic mass is 9.98. The number of alkyl halides is 3. The van der Waals surface area contributed by atoms with Crippen LogP contribution in [0.3, 0.4) is 0 Å². The summed E-state index contributed by atoms with van der Waals surface area (Å²) in [5.74, 6) is -0.215. The van der Waals surface area contributed by atoms with Crippen LogP contribution in [0.1, 0.15) is 22.9 Å². The number of benzene rings is 1. The molecule has 0 amide bonds. The number of ether oxygens (including phenoxy) is 1. The van der Waals surface area contributed by atoms with Crippen LogP contribution in [0.2, 0.25) is 0 Å². The van der Waals surface area contributed by atoms with Crippen molar-refractivity contribution in [3.05, 3.63) is 47.3 Å². The Balaban J connectivity index is 2.46. The molecule has 0 spiro atoms.